The van der Waals surface area contributed by atoms with Gasteiger partial charge in [0.2, 0.25) is 5.95 Å². The van der Waals surface area contributed by atoms with Crippen LogP contribution in [0.25, 0.3) is 5.69 Å². The number of thiazole rings is 1. The lowest BCUT2D eigenvalue weighted by Gasteiger charge is -2.20. The number of aryl methyl sites for hydroxylation is 1. The maximum absolute atomic E-state index is 11.3. The Labute approximate surface area is 206 Å². The van der Waals surface area contributed by atoms with Crippen LogP contribution in [0.15, 0.2) is 42.0 Å². The SMILES string of the molecule is CCC(CCN(C)c1nc(C)cc(C(=O)O)n1)c1nc(COc2ccc(-n3cnnn3)cc2)cs1. The van der Waals surface area contributed by atoms with Crippen molar-refractivity contribution < 1.29 is 14.6 Å². The van der Waals surface area contributed by atoms with Crippen LogP contribution in [0.4, 0.5) is 5.95 Å². The van der Waals surface area contributed by atoms with E-state index in [0.29, 0.717) is 24.8 Å². The van der Waals surface area contributed by atoms with E-state index in [4.69, 9.17) is 9.72 Å². The Hall–Kier alpha value is -3.93. The van der Waals surface area contributed by atoms with E-state index in [0.717, 1.165) is 35.0 Å². The molecule has 0 aliphatic rings. The van der Waals surface area contributed by atoms with Crippen molar-refractivity contribution in [2.45, 2.75) is 39.2 Å². The summed E-state index contributed by atoms with van der Waals surface area (Å²) in [4.78, 5) is 26.5. The molecule has 0 radical (unpaired) electrons. The Morgan fingerprint density at radius 3 is 2.71 bits per heavy atom. The number of rotatable bonds is 11. The number of aromatic nitrogens is 7. The smallest absolute Gasteiger partial charge is 0.354 e. The average Bonchev–Trinajstić information content (AvgIpc) is 3.56. The first-order chi connectivity index (χ1) is 16.9. The molecule has 11 nitrogen and oxygen atoms in total. The lowest BCUT2D eigenvalue weighted by atomic mass is 10.0. The number of hydrogen-bond acceptors (Lipinski definition) is 10. The van der Waals surface area contributed by atoms with Crippen molar-refractivity contribution in [3.63, 3.8) is 0 Å². The molecule has 35 heavy (non-hydrogen) atoms. The second-order valence-electron chi connectivity index (χ2n) is 8.03. The molecule has 1 N–H and O–H groups in total. The molecule has 0 bridgehead atoms. The molecule has 0 saturated heterocycles. The molecule has 0 saturated carbocycles. The highest BCUT2D eigenvalue weighted by molar-refractivity contribution is 7.09. The number of carbonyl (C=O) groups is 1. The number of ether oxygens (including phenoxy) is 1. The van der Waals surface area contributed by atoms with Crippen LogP contribution in [-0.4, -0.2) is 59.8 Å². The molecule has 182 valence electrons. The van der Waals surface area contributed by atoms with Crippen LogP contribution in [0.2, 0.25) is 0 Å². The lowest BCUT2D eigenvalue weighted by Crippen LogP contribution is -2.24. The van der Waals surface area contributed by atoms with Crippen molar-refractivity contribution in [1.29, 1.82) is 0 Å². The van der Waals surface area contributed by atoms with E-state index < -0.39 is 5.97 Å². The Morgan fingerprint density at radius 1 is 1.23 bits per heavy atom. The summed E-state index contributed by atoms with van der Waals surface area (Å²) in [5, 5.41) is 23.5. The van der Waals surface area contributed by atoms with Gasteiger partial charge in [0.25, 0.3) is 0 Å². The van der Waals surface area contributed by atoms with Crippen molar-refractivity contribution >= 4 is 23.3 Å². The summed E-state index contributed by atoms with van der Waals surface area (Å²) >= 11 is 1.63. The third-order valence-electron chi connectivity index (χ3n) is 5.46. The van der Waals surface area contributed by atoms with Gasteiger partial charge < -0.3 is 14.7 Å². The third-order valence-corrected chi connectivity index (χ3v) is 6.52. The van der Waals surface area contributed by atoms with Crippen LogP contribution in [0.5, 0.6) is 5.75 Å². The number of aromatic carboxylic acids is 1. The zero-order valence-electron chi connectivity index (χ0n) is 19.7. The fourth-order valence-corrected chi connectivity index (χ4v) is 4.52. The predicted octanol–water partition coefficient (Wildman–Crippen LogP) is 3.51. The van der Waals surface area contributed by atoms with E-state index in [9.17, 15) is 9.90 Å². The van der Waals surface area contributed by atoms with Gasteiger partial charge in [-0.2, -0.15) is 0 Å². The largest absolute Gasteiger partial charge is 0.487 e. The molecule has 0 fully saturated rings. The number of carboxylic acids is 1. The van der Waals surface area contributed by atoms with Crippen LogP contribution in [0, 0.1) is 6.92 Å². The number of benzene rings is 1. The molecule has 0 aliphatic carbocycles. The van der Waals surface area contributed by atoms with Gasteiger partial charge in [-0.3, -0.25) is 0 Å². The summed E-state index contributed by atoms with van der Waals surface area (Å²) in [6.45, 7) is 4.97. The zero-order chi connectivity index (χ0) is 24.8. The van der Waals surface area contributed by atoms with Gasteiger partial charge in [0.15, 0.2) is 5.69 Å². The Morgan fingerprint density at radius 2 is 2.03 bits per heavy atom. The first kappa shape index (κ1) is 24.2. The van der Waals surface area contributed by atoms with Gasteiger partial charge in [0, 0.05) is 30.6 Å². The van der Waals surface area contributed by atoms with Gasteiger partial charge >= 0.3 is 5.97 Å². The van der Waals surface area contributed by atoms with Crippen molar-refractivity contribution in [1.82, 2.24) is 35.2 Å². The topological polar surface area (TPSA) is 132 Å². The van der Waals surface area contributed by atoms with Crippen molar-refractivity contribution in [2.24, 2.45) is 0 Å². The minimum Gasteiger partial charge on any atom is -0.487 e. The summed E-state index contributed by atoms with van der Waals surface area (Å²) in [5.41, 5.74) is 2.36. The van der Waals surface area contributed by atoms with Gasteiger partial charge in [-0.1, -0.05) is 6.92 Å². The standard InChI is InChI=1S/C23H26N8O3S/c1-4-16(9-10-30(3)23-25-15(2)11-20(27-23)22(32)33)21-26-17(13-35-21)12-34-19-7-5-18(6-8-19)31-14-24-28-29-31/h5-8,11,13-14,16H,4,9-10,12H2,1-3H3,(H,32,33). The summed E-state index contributed by atoms with van der Waals surface area (Å²) in [6.07, 6.45) is 3.32. The number of tetrazole rings is 1. The summed E-state index contributed by atoms with van der Waals surface area (Å²) < 4.78 is 7.48. The fraction of sp³-hybridized carbons (Fsp3) is 0.348. The highest BCUT2D eigenvalue weighted by Crippen LogP contribution is 2.28. The second kappa shape index (κ2) is 11.0. The first-order valence-electron chi connectivity index (χ1n) is 11.1. The van der Waals surface area contributed by atoms with Crippen LogP contribution >= 0.6 is 11.3 Å². The van der Waals surface area contributed by atoms with Crippen LogP contribution in [0.1, 0.15) is 52.6 Å². The van der Waals surface area contributed by atoms with E-state index in [2.05, 4.69) is 32.4 Å². The minimum atomic E-state index is -1.06. The van der Waals surface area contributed by atoms with Gasteiger partial charge in [0.1, 0.15) is 18.7 Å². The van der Waals surface area contributed by atoms with E-state index in [1.54, 1.807) is 22.9 Å². The van der Waals surface area contributed by atoms with Gasteiger partial charge in [-0.15, -0.1) is 16.4 Å². The monoisotopic (exact) mass is 494 g/mol. The molecular weight excluding hydrogens is 468 g/mol. The van der Waals surface area contributed by atoms with Gasteiger partial charge in [0.05, 0.1) is 16.4 Å². The second-order valence-corrected chi connectivity index (χ2v) is 8.92. The van der Waals surface area contributed by atoms with Crippen molar-refractivity contribution in [3.8, 4) is 11.4 Å². The highest BCUT2D eigenvalue weighted by atomic mass is 32.1. The minimum absolute atomic E-state index is 0.000926. The van der Waals surface area contributed by atoms with E-state index in [1.807, 2.05) is 41.6 Å². The maximum atomic E-state index is 11.3. The number of hydrogen-bond donors (Lipinski definition) is 1. The Kier molecular flexibility index (Phi) is 7.60. The molecule has 1 unspecified atom stereocenters. The van der Waals surface area contributed by atoms with Gasteiger partial charge in [-0.05, 0) is 60.5 Å². The number of nitrogens with zero attached hydrogens (tertiary/aromatic N) is 8. The molecule has 0 aliphatic heterocycles. The number of anilines is 1. The normalized spacial score (nSPS) is 11.9. The molecule has 4 aromatic rings. The van der Waals surface area contributed by atoms with Crippen molar-refractivity contribution in [3.05, 3.63) is 64.1 Å². The molecular formula is C23H26N8O3S. The van der Waals surface area contributed by atoms with E-state index >= 15 is 0 Å². The molecule has 4 rings (SSSR count). The Bertz CT molecular complexity index is 1260. The van der Waals surface area contributed by atoms with Crippen LogP contribution in [-0.2, 0) is 6.61 Å². The van der Waals surface area contributed by atoms with Gasteiger partial charge in [-0.25, -0.2) is 24.4 Å². The third kappa shape index (κ3) is 6.15. The van der Waals surface area contributed by atoms with Crippen molar-refractivity contribution in [2.75, 3.05) is 18.5 Å². The first-order valence-corrected chi connectivity index (χ1v) is 12.0. The molecule has 1 atom stereocenters. The molecule has 12 heteroatoms. The summed E-state index contributed by atoms with van der Waals surface area (Å²) in [6, 6.07) is 8.99. The quantitative estimate of drug-likeness (QED) is 0.330. The molecule has 3 heterocycles. The highest BCUT2D eigenvalue weighted by Gasteiger charge is 2.17. The van der Waals surface area contributed by atoms with Crippen LogP contribution in [0.3, 0.4) is 0 Å². The molecule has 0 amide bonds. The number of carboxylic acid groups (broad SMARTS) is 1. The van der Waals surface area contributed by atoms with E-state index in [-0.39, 0.29) is 11.6 Å². The average molecular weight is 495 g/mol. The summed E-state index contributed by atoms with van der Waals surface area (Å²) in [5.74, 6) is 0.369. The summed E-state index contributed by atoms with van der Waals surface area (Å²) in [7, 11) is 1.87. The fourth-order valence-electron chi connectivity index (χ4n) is 3.49. The molecule has 0 spiro atoms. The van der Waals surface area contributed by atoms with Crippen LogP contribution < -0.4 is 9.64 Å². The zero-order valence-corrected chi connectivity index (χ0v) is 20.5. The maximum Gasteiger partial charge on any atom is 0.354 e. The molecule has 3 aromatic heterocycles. The Balaban J connectivity index is 1.32. The van der Waals surface area contributed by atoms with E-state index in [1.165, 1.54) is 12.4 Å². The predicted molar refractivity (Wildman–Crippen MR) is 130 cm³/mol. The molecule has 1 aromatic carbocycles. The lowest BCUT2D eigenvalue weighted by molar-refractivity contribution is 0.0690.